The number of benzene rings is 1. The van der Waals surface area contributed by atoms with Crippen LogP contribution < -0.4 is 10.2 Å². The fourth-order valence-corrected chi connectivity index (χ4v) is 2.15. The summed E-state index contributed by atoms with van der Waals surface area (Å²) in [5.74, 6) is 0.706. The molecule has 2 aromatic rings. The van der Waals surface area contributed by atoms with E-state index in [1.807, 2.05) is 31.3 Å². The highest BCUT2D eigenvalue weighted by molar-refractivity contribution is 5.74. The average Bonchev–Trinajstić information content (AvgIpc) is 2.91. The predicted octanol–water partition coefficient (Wildman–Crippen LogP) is 0.823. The summed E-state index contributed by atoms with van der Waals surface area (Å²) < 4.78 is 0. The minimum absolute atomic E-state index is 0.470. The van der Waals surface area contributed by atoms with Crippen LogP contribution in [-0.4, -0.2) is 41.4 Å². The van der Waals surface area contributed by atoms with Gasteiger partial charge in [0.25, 0.3) is 0 Å². The molecule has 1 atom stereocenters. The molecule has 1 aliphatic rings. The summed E-state index contributed by atoms with van der Waals surface area (Å²) in [5.41, 5.74) is 1.74. The van der Waals surface area contributed by atoms with Gasteiger partial charge in [-0.15, -0.1) is 10.2 Å². The van der Waals surface area contributed by atoms with Crippen LogP contribution in [0.15, 0.2) is 24.3 Å². The number of nitrogens with one attached hydrogen (secondary N) is 1. The molecular weight excluding hydrogens is 214 g/mol. The molecule has 1 aromatic carbocycles. The Morgan fingerprint density at radius 1 is 1.24 bits per heavy atom. The minimum atomic E-state index is 0.470. The quantitative estimate of drug-likeness (QED) is 0.826. The molecule has 0 radical (unpaired) electrons. The smallest absolute Gasteiger partial charge is 0.245 e. The van der Waals surface area contributed by atoms with Crippen LogP contribution in [-0.2, 0) is 0 Å². The zero-order chi connectivity index (χ0) is 11.7. The summed E-state index contributed by atoms with van der Waals surface area (Å²) >= 11 is 0. The van der Waals surface area contributed by atoms with Crippen molar-refractivity contribution in [3.63, 3.8) is 0 Å². The van der Waals surface area contributed by atoms with Crippen LogP contribution in [0, 0.1) is 0 Å². The van der Waals surface area contributed by atoms with Gasteiger partial charge in [-0.3, -0.25) is 0 Å². The van der Waals surface area contributed by atoms with E-state index < -0.39 is 0 Å². The molecule has 1 N–H and O–H groups in total. The Bertz CT molecular complexity index is 521. The Morgan fingerprint density at radius 2 is 2.06 bits per heavy atom. The largest absolute Gasteiger partial charge is 0.338 e. The molecular formula is C12H15N5. The first-order chi connectivity index (χ1) is 8.34. The minimum Gasteiger partial charge on any atom is -0.338 e. The van der Waals surface area contributed by atoms with Crippen molar-refractivity contribution in [2.45, 2.75) is 12.5 Å². The summed E-state index contributed by atoms with van der Waals surface area (Å²) in [7, 11) is 2.03. The summed E-state index contributed by atoms with van der Waals surface area (Å²) in [5, 5.41) is 11.7. The number of likely N-dealkylation sites (N-methyl/N-ethyl adjacent to an activating group) is 1. The molecule has 5 nitrogen and oxygen atoms in total. The standard InChI is InChI=1S/C12H15N5/c1-17(9-6-7-13-8-9)12-14-10-4-2-3-5-11(10)15-16-12/h2-5,9,13H,6-8H2,1H3. The number of fused-ring (bicyclic) bond motifs is 1. The lowest BCUT2D eigenvalue weighted by molar-refractivity contribution is 0.664. The topological polar surface area (TPSA) is 53.9 Å². The summed E-state index contributed by atoms with van der Waals surface area (Å²) in [6, 6.07) is 8.28. The molecule has 88 valence electrons. The molecule has 0 spiro atoms. The number of rotatable bonds is 2. The van der Waals surface area contributed by atoms with Crippen molar-refractivity contribution in [1.82, 2.24) is 20.5 Å². The average molecular weight is 229 g/mol. The zero-order valence-corrected chi connectivity index (χ0v) is 9.80. The van der Waals surface area contributed by atoms with E-state index in [9.17, 15) is 0 Å². The highest BCUT2D eigenvalue weighted by Gasteiger charge is 2.21. The van der Waals surface area contributed by atoms with E-state index in [4.69, 9.17) is 0 Å². The van der Waals surface area contributed by atoms with Crippen LogP contribution in [0.1, 0.15) is 6.42 Å². The lowest BCUT2D eigenvalue weighted by Gasteiger charge is -2.23. The van der Waals surface area contributed by atoms with E-state index in [0.717, 1.165) is 30.5 Å². The normalized spacial score (nSPS) is 19.7. The van der Waals surface area contributed by atoms with Crippen molar-refractivity contribution in [3.8, 4) is 0 Å². The molecule has 0 bridgehead atoms. The SMILES string of the molecule is CN(c1nnc2ccccc2n1)C1CCNC1. The lowest BCUT2D eigenvalue weighted by Crippen LogP contribution is -2.34. The van der Waals surface area contributed by atoms with Gasteiger partial charge in [0, 0.05) is 19.6 Å². The second-order valence-corrected chi connectivity index (χ2v) is 4.36. The van der Waals surface area contributed by atoms with Crippen molar-refractivity contribution in [3.05, 3.63) is 24.3 Å². The number of aromatic nitrogens is 3. The fraction of sp³-hybridized carbons (Fsp3) is 0.417. The molecule has 0 saturated carbocycles. The first kappa shape index (κ1) is 10.4. The first-order valence-corrected chi connectivity index (χ1v) is 5.87. The molecule has 2 heterocycles. The van der Waals surface area contributed by atoms with Gasteiger partial charge in [0.15, 0.2) is 0 Å². The first-order valence-electron chi connectivity index (χ1n) is 5.87. The van der Waals surface area contributed by atoms with Crippen LogP contribution in [0.2, 0.25) is 0 Å². The highest BCUT2D eigenvalue weighted by Crippen LogP contribution is 2.15. The molecule has 1 fully saturated rings. The molecule has 5 heteroatoms. The van der Waals surface area contributed by atoms with Gasteiger partial charge < -0.3 is 10.2 Å². The summed E-state index contributed by atoms with van der Waals surface area (Å²) in [6.07, 6.45) is 1.13. The Hall–Kier alpha value is -1.75. The third-order valence-corrected chi connectivity index (χ3v) is 3.25. The maximum absolute atomic E-state index is 4.54. The van der Waals surface area contributed by atoms with Crippen LogP contribution >= 0.6 is 0 Å². The van der Waals surface area contributed by atoms with E-state index in [-0.39, 0.29) is 0 Å². The van der Waals surface area contributed by atoms with Gasteiger partial charge in [0.2, 0.25) is 5.95 Å². The van der Waals surface area contributed by atoms with Gasteiger partial charge in [-0.05, 0) is 25.1 Å². The fourth-order valence-electron chi connectivity index (χ4n) is 2.15. The lowest BCUT2D eigenvalue weighted by atomic mass is 10.2. The maximum Gasteiger partial charge on any atom is 0.245 e. The molecule has 0 amide bonds. The van der Waals surface area contributed by atoms with Crippen LogP contribution in [0.4, 0.5) is 5.95 Å². The van der Waals surface area contributed by atoms with Crippen molar-refractivity contribution in [2.24, 2.45) is 0 Å². The summed E-state index contributed by atoms with van der Waals surface area (Å²) in [6.45, 7) is 2.06. The number of hydrogen-bond acceptors (Lipinski definition) is 5. The second-order valence-electron chi connectivity index (χ2n) is 4.36. The van der Waals surface area contributed by atoms with Gasteiger partial charge in [0.05, 0.1) is 5.52 Å². The third-order valence-electron chi connectivity index (χ3n) is 3.25. The van der Waals surface area contributed by atoms with Gasteiger partial charge in [0.1, 0.15) is 5.52 Å². The van der Waals surface area contributed by atoms with E-state index >= 15 is 0 Å². The zero-order valence-electron chi connectivity index (χ0n) is 9.80. The molecule has 0 aliphatic carbocycles. The van der Waals surface area contributed by atoms with Crippen molar-refractivity contribution in [2.75, 3.05) is 25.0 Å². The Labute approximate surface area is 99.9 Å². The van der Waals surface area contributed by atoms with Crippen molar-refractivity contribution >= 4 is 17.0 Å². The van der Waals surface area contributed by atoms with Crippen LogP contribution in [0.25, 0.3) is 11.0 Å². The van der Waals surface area contributed by atoms with E-state index in [2.05, 4.69) is 25.4 Å². The maximum atomic E-state index is 4.54. The monoisotopic (exact) mass is 229 g/mol. The second kappa shape index (κ2) is 4.25. The van der Waals surface area contributed by atoms with E-state index in [1.165, 1.54) is 0 Å². The Morgan fingerprint density at radius 3 is 2.82 bits per heavy atom. The van der Waals surface area contributed by atoms with Crippen LogP contribution in [0.5, 0.6) is 0 Å². The van der Waals surface area contributed by atoms with Gasteiger partial charge in [-0.2, -0.15) is 0 Å². The third kappa shape index (κ3) is 1.93. The number of hydrogen-bond donors (Lipinski definition) is 1. The Kier molecular flexibility index (Phi) is 2.60. The number of anilines is 1. The van der Waals surface area contributed by atoms with Gasteiger partial charge in [-0.25, -0.2) is 4.98 Å². The molecule has 1 aromatic heterocycles. The van der Waals surface area contributed by atoms with Gasteiger partial charge >= 0.3 is 0 Å². The highest BCUT2D eigenvalue weighted by atomic mass is 15.3. The molecule has 1 unspecified atom stereocenters. The number of nitrogens with zero attached hydrogens (tertiary/aromatic N) is 4. The van der Waals surface area contributed by atoms with Crippen molar-refractivity contribution in [1.29, 1.82) is 0 Å². The molecule has 3 rings (SSSR count). The van der Waals surface area contributed by atoms with Crippen molar-refractivity contribution < 1.29 is 0 Å². The molecule has 17 heavy (non-hydrogen) atoms. The van der Waals surface area contributed by atoms with E-state index in [1.54, 1.807) is 0 Å². The predicted molar refractivity (Wildman–Crippen MR) is 67.0 cm³/mol. The van der Waals surface area contributed by atoms with E-state index in [0.29, 0.717) is 12.0 Å². The van der Waals surface area contributed by atoms with Gasteiger partial charge in [-0.1, -0.05) is 12.1 Å². The van der Waals surface area contributed by atoms with Crippen LogP contribution in [0.3, 0.4) is 0 Å². The molecule has 1 aliphatic heterocycles. The Balaban J connectivity index is 1.94. The summed E-state index contributed by atoms with van der Waals surface area (Å²) in [4.78, 5) is 6.65. The number of para-hydroxylation sites is 1. The molecule has 1 saturated heterocycles.